The van der Waals surface area contributed by atoms with Crippen molar-refractivity contribution in [2.75, 3.05) is 6.54 Å². The van der Waals surface area contributed by atoms with Crippen LogP contribution in [0.1, 0.15) is 57.1 Å². The van der Waals surface area contributed by atoms with Crippen molar-refractivity contribution in [1.82, 2.24) is 21.3 Å². The van der Waals surface area contributed by atoms with Crippen molar-refractivity contribution in [2.45, 2.75) is 88.6 Å². The predicted molar refractivity (Wildman–Crippen MR) is 169 cm³/mol. The van der Waals surface area contributed by atoms with Crippen molar-refractivity contribution in [1.29, 1.82) is 0 Å². The van der Waals surface area contributed by atoms with Crippen molar-refractivity contribution in [3.05, 3.63) is 65.7 Å². The number of phenolic OH excluding ortho intramolecular Hbond substituents is 1. The number of amides is 4. The molecule has 1 aliphatic carbocycles. The van der Waals surface area contributed by atoms with Gasteiger partial charge in [0.15, 0.2) is 0 Å². The summed E-state index contributed by atoms with van der Waals surface area (Å²) in [6, 6.07) is 11.7. The van der Waals surface area contributed by atoms with Crippen molar-refractivity contribution in [2.24, 2.45) is 11.7 Å². The van der Waals surface area contributed by atoms with Crippen LogP contribution in [0.3, 0.4) is 0 Å². The fourth-order valence-corrected chi connectivity index (χ4v) is 5.50. The van der Waals surface area contributed by atoms with E-state index >= 15 is 0 Å². The molecule has 250 valence electrons. The second-order valence-electron chi connectivity index (χ2n) is 12.2. The van der Waals surface area contributed by atoms with Gasteiger partial charge in [-0.3, -0.25) is 19.2 Å². The van der Waals surface area contributed by atoms with Gasteiger partial charge < -0.3 is 42.3 Å². The quantitative estimate of drug-likeness (QED) is 0.136. The molecule has 1 aliphatic rings. The van der Waals surface area contributed by atoms with E-state index in [0.717, 1.165) is 5.56 Å². The number of carboxylic acids is 1. The zero-order valence-corrected chi connectivity index (χ0v) is 26.2. The van der Waals surface area contributed by atoms with Crippen molar-refractivity contribution in [3.8, 4) is 5.75 Å². The summed E-state index contributed by atoms with van der Waals surface area (Å²) in [5.74, 6) is -3.99. The normalized spacial score (nSPS) is 19.7. The van der Waals surface area contributed by atoms with Crippen LogP contribution in [0.4, 0.5) is 0 Å². The number of nitrogens with two attached hydrogens (primary N) is 1. The van der Waals surface area contributed by atoms with Crippen molar-refractivity contribution in [3.63, 3.8) is 0 Å². The van der Waals surface area contributed by atoms with Gasteiger partial charge in [0.25, 0.3) is 0 Å². The van der Waals surface area contributed by atoms with E-state index in [1.807, 2.05) is 13.8 Å². The highest BCUT2D eigenvalue weighted by Crippen LogP contribution is 2.29. The first kappa shape index (κ1) is 36.0. The monoisotopic (exact) mass is 639 g/mol. The van der Waals surface area contributed by atoms with Crippen molar-refractivity contribution < 1.29 is 39.3 Å². The largest absolute Gasteiger partial charge is 0.508 e. The number of phenols is 1. The molecule has 5 atom stereocenters. The number of carboxylic acid groups (broad SMARTS) is 1. The fraction of sp³-hybridized carbons (Fsp3) is 0.485. The Labute approximate surface area is 268 Å². The Kier molecular flexibility index (Phi) is 13.1. The summed E-state index contributed by atoms with van der Waals surface area (Å²) in [7, 11) is 0. The van der Waals surface area contributed by atoms with Gasteiger partial charge >= 0.3 is 5.97 Å². The molecule has 2 aromatic rings. The molecule has 1 fully saturated rings. The number of aliphatic carboxylic acids is 1. The maximum atomic E-state index is 13.5. The molecule has 46 heavy (non-hydrogen) atoms. The lowest BCUT2D eigenvalue weighted by Crippen LogP contribution is -2.68. The maximum absolute atomic E-state index is 13.5. The zero-order valence-electron chi connectivity index (χ0n) is 26.2. The van der Waals surface area contributed by atoms with Crippen LogP contribution in [0.2, 0.25) is 0 Å². The first-order valence-electron chi connectivity index (χ1n) is 15.5. The molecule has 0 spiro atoms. The number of aromatic hydroxyl groups is 1. The van der Waals surface area contributed by atoms with E-state index in [9.17, 15) is 39.3 Å². The topological polar surface area (TPSA) is 220 Å². The number of nitrogens with one attached hydrogen (secondary N) is 4. The van der Waals surface area contributed by atoms with Gasteiger partial charge in [-0.15, -0.1) is 0 Å². The average molecular weight is 640 g/mol. The molecule has 0 saturated heterocycles. The molecule has 0 aromatic heterocycles. The van der Waals surface area contributed by atoms with Gasteiger partial charge in [-0.1, -0.05) is 69.2 Å². The molecule has 0 unspecified atom stereocenters. The van der Waals surface area contributed by atoms with Crippen molar-refractivity contribution >= 4 is 29.6 Å². The molecular weight excluding hydrogens is 594 g/mol. The summed E-state index contributed by atoms with van der Waals surface area (Å²) in [6.45, 7) is 3.08. The molecule has 0 aliphatic heterocycles. The lowest BCUT2D eigenvalue weighted by Gasteiger charge is -2.41. The van der Waals surface area contributed by atoms with E-state index < -0.39 is 65.9 Å². The second-order valence-corrected chi connectivity index (χ2v) is 12.2. The van der Waals surface area contributed by atoms with E-state index in [4.69, 9.17) is 5.73 Å². The third kappa shape index (κ3) is 10.3. The molecule has 3 rings (SSSR count). The Hall–Kier alpha value is -4.49. The summed E-state index contributed by atoms with van der Waals surface area (Å²) in [5, 5.41) is 40.3. The van der Waals surface area contributed by atoms with E-state index in [1.165, 1.54) is 12.1 Å². The highest BCUT2D eigenvalue weighted by atomic mass is 16.4. The number of carbonyl (C=O) groups excluding carboxylic acids is 4. The highest BCUT2D eigenvalue weighted by Gasteiger charge is 2.48. The number of aliphatic hydroxyl groups excluding tert-OH is 1. The minimum Gasteiger partial charge on any atom is -0.508 e. The van der Waals surface area contributed by atoms with Gasteiger partial charge in [-0.25, -0.2) is 4.79 Å². The van der Waals surface area contributed by atoms with Gasteiger partial charge in [0.05, 0.1) is 18.7 Å². The van der Waals surface area contributed by atoms with Gasteiger partial charge in [-0.05, 0) is 54.9 Å². The van der Waals surface area contributed by atoms with E-state index in [2.05, 4.69) is 21.3 Å². The number of aliphatic hydroxyl groups is 1. The summed E-state index contributed by atoms with van der Waals surface area (Å²) < 4.78 is 0. The molecule has 13 nitrogen and oxygen atoms in total. The Balaban J connectivity index is 1.69. The molecule has 1 saturated carbocycles. The highest BCUT2D eigenvalue weighted by molar-refractivity contribution is 5.96. The summed E-state index contributed by atoms with van der Waals surface area (Å²) >= 11 is 0. The number of carbonyl (C=O) groups is 5. The minimum atomic E-state index is -1.73. The van der Waals surface area contributed by atoms with E-state index in [0.29, 0.717) is 18.4 Å². The standard InChI is InChI=1S/C33H45N5O8/c1-20(2)16-26(31(44)45)37-30(43)25(18-21-8-4-3-5-9-21)36-28(41)19-35-32(46)33(15-7-6-10-27(33)40)38-29(42)24(34)17-22-11-13-23(39)14-12-22/h3-5,8-9,11-14,20,24-27,39-40H,6-7,10,15-19,34H2,1-2H3,(H,35,46)(H,36,41)(H,37,43)(H,38,42)(H,44,45)/t24-,25-,26-,27-,33-/m0/s1. The first-order valence-corrected chi connectivity index (χ1v) is 15.5. The number of rotatable bonds is 15. The molecule has 4 amide bonds. The van der Waals surface area contributed by atoms with Gasteiger partial charge in [0.1, 0.15) is 23.4 Å². The predicted octanol–water partition coefficient (Wildman–Crippen LogP) is 0.511. The van der Waals surface area contributed by atoms with Crippen LogP contribution < -0.4 is 27.0 Å². The van der Waals surface area contributed by atoms with Crippen LogP contribution in [-0.2, 0) is 36.8 Å². The van der Waals surface area contributed by atoms with Gasteiger partial charge in [-0.2, -0.15) is 0 Å². The third-order valence-electron chi connectivity index (χ3n) is 8.01. The minimum absolute atomic E-state index is 0.0101. The Morgan fingerprint density at radius 3 is 2.15 bits per heavy atom. The number of benzene rings is 2. The summed E-state index contributed by atoms with van der Waals surface area (Å²) in [6.07, 6.45) is 0.669. The Morgan fingerprint density at radius 2 is 1.54 bits per heavy atom. The van der Waals surface area contributed by atoms with E-state index in [-0.39, 0.29) is 43.8 Å². The molecule has 0 radical (unpaired) electrons. The van der Waals surface area contributed by atoms with Gasteiger partial charge in [0.2, 0.25) is 23.6 Å². The Bertz CT molecular complexity index is 1350. The lowest BCUT2D eigenvalue weighted by molar-refractivity contribution is -0.143. The molecule has 0 bridgehead atoms. The first-order chi connectivity index (χ1) is 21.8. The summed E-state index contributed by atoms with van der Waals surface area (Å²) in [5.41, 5.74) is 5.81. The van der Waals surface area contributed by atoms with Crippen LogP contribution in [0, 0.1) is 5.92 Å². The molecule has 2 aromatic carbocycles. The van der Waals surface area contributed by atoms with Crippen LogP contribution in [-0.4, -0.2) is 81.2 Å². The SMILES string of the molecule is CC(C)C[C@H](NC(=O)[C@H](Cc1ccccc1)NC(=O)CNC(=O)[C@]1(NC(=O)[C@@H](N)Cc2ccc(O)cc2)CCCC[C@@H]1O)C(=O)O. The third-order valence-corrected chi connectivity index (χ3v) is 8.01. The van der Waals surface area contributed by atoms with Gasteiger partial charge in [0, 0.05) is 6.42 Å². The number of hydrogen-bond donors (Lipinski definition) is 8. The second kappa shape index (κ2) is 16.7. The molecule has 13 heteroatoms. The number of hydrogen-bond acceptors (Lipinski definition) is 8. The maximum Gasteiger partial charge on any atom is 0.326 e. The van der Waals surface area contributed by atoms with Crippen LogP contribution in [0.5, 0.6) is 5.75 Å². The summed E-state index contributed by atoms with van der Waals surface area (Å²) in [4.78, 5) is 64.7. The van der Waals surface area contributed by atoms with Crippen LogP contribution in [0.25, 0.3) is 0 Å². The fourth-order valence-electron chi connectivity index (χ4n) is 5.50. The molecular formula is C33H45N5O8. The zero-order chi connectivity index (χ0) is 33.9. The molecule has 0 heterocycles. The molecule has 9 N–H and O–H groups in total. The van der Waals surface area contributed by atoms with Crippen LogP contribution >= 0.6 is 0 Å². The van der Waals surface area contributed by atoms with Crippen LogP contribution in [0.15, 0.2) is 54.6 Å². The smallest absolute Gasteiger partial charge is 0.326 e. The Morgan fingerprint density at radius 1 is 0.891 bits per heavy atom. The lowest BCUT2D eigenvalue weighted by atomic mass is 9.78. The average Bonchev–Trinajstić information content (AvgIpc) is 3.01. The van der Waals surface area contributed by atoms with E-state index in [1.54, 1.807) is 42.5 Å².